The third-order valence-corrected chi connectivity index (χ3v) is 4.51. The average Bonchev–Trinajstić information content (AvgIpc) is 2.71. The standard InChI is InChI=1S/C12H18N2O3S/c1-7(15)10-8(2)18-11(13-10)9-3-5-14(6-4-9)12(16)17/h7,9,15H,3-6H2,1-2H3,(H,16,17). The molecule has 100 valence electrons. The number of likely N-dealkylation sites (tertiary alicyclic amines) is 1. The summed E-state index contributed by atoms with van der Waals surface area (Å²) in [7, 11) is 0. The zero-order chi connectivity index (χ0) is 13.3. The molecule has 6 heteroatoms. The number of nitrogens with zero attached hydrogens (tertiary/aromatic N) is 2. The Morgan fingerprint density at radius 1 is 1.50 bits per heavy atom. The molecule has 1 atom stereocenters. The van der Waals surface area contributed by atoms with Crippen molar-refractivity contribution in [2.45, 2.75) is 38.7 Å². The number of hydrogen-bond acceptors (Lipinski definition) is 4. The number of hydrogen-bond donors (Lipinski definition) is 2. The first kappa shape index (κ1) is 13.3. The highest BCUT2D eigenvalue weighted by Gasteiger charge is 2.26. The first-order chi connectivity index (χ1) is 8.49. The van der Waals surface area contributed by atoms with Crippen LogP contribution in [0, 0.1) is 6.92 Å². The zero-order valence-corrected chi connectivity index (χ0v) is 11.4. The molecule has 1 aromatic rings. The number of aryl methyl sites for hydroxylation is 1. The van der Waals surface area contributed by atoms with E-state index < -0.39 is 12.2 Å². The van der Waals surface area contributed by atoms with Gasteiger partial charge in [0.15, 0.2) is 0 Å². The SMILES string of the molecule is Cc1sc(C2CCN(C(=O)O)CC2)nc1C(C)O. The van der Waals surface area contributed by atoms with E-state index in [1.54, 1.807) is 18.3 Å². The van der Waals surface area contributed by atoms with E-state index in [4.69, 9.17) is 5.11 Å². The van der Waals surface area contributed by atoms with Crippen molar-refractivity contribution in [3.63, 3.8) is 0 Å². The molecule has 2 heterocycles. The number of carbonyl (C=O) groups is 1. The van der Waals surface area contributed by atoms with E-state index in [0.717, 1.165) is 28.4 Å². The van der Waals surface area contributed by atoms with Gasteiger partial charge in [0.05, 0.1) is 16.8 Å². The molecule has 18 heavy (non-hydrogen) atoms. The molecule has 1 amide bonds. The molecular weight excluding hydrogens is 252 g/mol. The van der Waals surface area contributed by atoms with Crippen LogP contribution in [0.25, 0.3) is 0 Å². The number of carboxylic acid groups (broad SMARTS) is 1. The minimum absolute atomic E-state index is 0.330. The summed E-state index contributed by atoms with van der Waals surface area (Å²) in [5.41, 5.74) is 0.760. The number of aliphatic hydroxyl groups excluding tert-OH is 1. The van der Waals surface area contributed by atoms with Crippen molar-refractivity contribution >= 4 is 17.4 Å². The van der Waals surface area contributed by atoms with Crippen LogP contribution in [-0.2, 0) is 0 Å². The maximum atomic E-state index is 10.8. The predicted octanol–water partition coefficient (Wildman–Crippen LogP) is 2.36. The molecule has 0 radical (unpaired) electrons. The second kappa shape index (κ2) is 5.24. The molecule has 1 aliphatic heterocycles. The van der Waals surface area contributed by atoms with Gasteiger partial charge >= 0.3 is 6.09 Å². The molecule has 1 unspecified atom stereocenters. The maximum absolute atomic E-state index is 10.8. The van der Waals surface area contributed by atoms with Gasteiger partial charge in [-0.05, 0) is 26.7 Å². The van der Waals surface area contributed by atoms with Gasteiger partial charge in [0.2, 0.25) is 0 Å². The van der Waals surface area contributed by atoms with Crippen LogP contribution in [0.15, 0.2) is 0 Å². The summed E-state index contributed by atoms with van der Waals surface area (Å²) in [6.45, 7) is 4.83. The number of aliphatic hydroxyl groups is 1. The third-order valence-electron chi connectivity index (χ3n) is 3.36. The van der Waals surface area contributed by atoms with Gasteiger partial charge in [-0.15, -0.1) is 11.3 Å². The van der Waals surface area contributed by atoms with Crippen molar-refractivity contribution in [2.75, 3.05) is 13.1 Å². The molecule has 1 fully saturated rings. The average molecular weight is 270 g/mol. The molecule has 0 aliphatic carbocycles. The van der Waals surface area contributed by atoms with E-state index >= 15 is 0 Å². The predicted molar refractivity (Wildman–Crippen MR) is 69.1 cm³/mol. The smallest absolute Gasteiger partial charge is 0.407 e. The summed E-state index contributed by atoms with van der Waals surface area (Å²) < 4.78 is 0. The van der Waals surface area contributed by atoms with Crippen molar-refractivity contribution in [3.05, 3.63) is 15.6 Å². The Labute approximate surface area is 110 Å². The number of amides is 1. The molecule has 1 aliphatic rings. The lowest BCUT2D eigenvalue weighted by Crippen LogP contribution is -2.36. The van der Waals surface area contributed by atoms with Crippen LogP contribution in [0.5, 0.6) is 0 Å². The molecular formula is C12H18N2O3S. The van der Waals surface area contributed by atoms with Gasteiger partial charge in [0, 0.05) is 23.9 Å². The Bertz CT molecular complexity index is 437. The lowest BCUT2D eigenvalue weighted by Gasteiger charge is -2.28. The second-order valence-corrected chi connectivity index (χ2v) is 5.95. The summed E-state index contributed by atoms with van der Waals surface area (Å²) in [5.74, 6) is 0.330. The highest BCUT2D eigenvalue weighted by molar-refractivity contribution is 7.11. The molecule has 0 aromatic carbocycles. The summed E-state index contributed by atoms with van der Waals surface area (Å²) in [6, 6.07) is 0. The minimum atomic E-state index is -0.839. The number of rotatable bonds is 2. The summed E-state index contributed by atoms with van der Waals surface area (Å²) in [6.07, 6.45) is 0.263. The number of aromatic nitrogens is 1. The van der Waals surface area contributed by atoms with Crippen LogP contribution in [0.3, 0.4) is 0 Å². The van der Waals surface area contributed by atoms with E-state index in [1.807, 2.05) is 6.92 Å². The molecule has 1 saturated heterocycles. The van der Waals surface area contributed by atoms with E-state index in [0.29, 0.717) is 19.0 Å². The molecule has 5 nitrogen and oxygen atoms in total. The van der Waals surface area contributed by atoms with Crippen LogP contribution >= 0.6 is 11.3 Å². The lowest BCUT2D eigenvalue weighted by atomic mass is 9.98. The Kier molecular flexibility index (Phi) is 3.87. The van der Waals surface area contributed by atoms with Crippen molar-refractivity contribution in [1.82, 2.24) is 9.88 Å². The molecule has 0 bridgehead atoms. The van der Waals surface area contributed by atoms with E-state index in [-0.39, 0.29) is 0 Å². The van der Waals surface area contributed by atoms with Crippen LogP contribution in [0.2, 0.25) is 0 Å². The van der Waals surface area contributed by atoms with E-state index in [9.17, 15) is 9.90 Å². The van der Waals surface area contributed by atoms with E-state index in [2.05, 4.69) is 4.98 Å². The van der Waals surface area contributed by atoms with Gasteiger partial charge in [-0.25, -0.2) is 9.78 Å². The largest absolute Gasteiger partial charge is 0.465 e. The van der Waals surface area contributed by atoms with E-state index in [1.165, 1.54) is 4.90 Å². The van der Waals surface area contributed by atoms with Crippen molar-refractivity contribution in [3.8, 4) is 0 Å². The van der Waals surface area contributed by atoms with Crippen molar-refractivity contribution < 1.29 is 15.0 Å². The summed E-state index contributed by atoms with van der Waals surface area (Å²) in [5, 5.41) is 19.5. The summed E-state index contributed by atoms with van der Waals surface area (Å²) in [4.78, 5) is 17.8. The highest BCUT2D eigenvalue weighted by atomic mass is 32.1. The van der Waals surface area contributed by atoms with Crippen LogP contribution < -0.4 is 0 Å². The van der Waals surface area contributed by atoms with Gasteiger partial charge < -0.3 is 15.1 Å². The fourth-order valence-corrected chi connectivity index (χ4v) is 3.49. The maximum Gasteiger partial charge on any atom is 0.407 e. The molecule has 2 N–H and O–H groups in total. The van der Waals surface area contributed by atoms with Gasteiger partial charge in [-0.3, -0.25) is 0 Å². The third kappa shape index (κ3) is 2.64. The number of piperidine rings is 1. The Balaban J connectivity index is 2.06. The topological polar surface area (TPSA) is 73.7 Å². The van der Waals surface area contributed by atoms with Crippen LogP contribution in [-0.4, -0.2) is 39.3 Å². The lowest BCUT2D eigenvalue weighted by molar-refractivity contribution is 0.132. The highest BCUT2D eigenvalue weighted by Crippen LogP contribution is 2.33. The first-order valence-corrected chi connectivity index (χ1v) is 6.94. The van der Waals surface area contributed by atoms with Gasteiger partial charge in [0.1, 0.15) is 0 Å². The Morgan fingerprint density at radius 3 is 2.56 bits per heavy atom. The second-order valence-electron chi connectivity index (χ2n) is 4.71. The number of thiazole rings is 1. The van der Waals surface area contributed by atoms with Gasteiger partial charge in [-0.1, -0.05) is 0 Å². The molecule has 0 spiro atoms. The first-order valence-electron chi connectivity index (χ1n) is 6.12. The minimum Gasteiger partial charge on any atom is -0.465 e. The zero-order valence-electron chi connectivity index (χ0n) is 10.6. The Hall–Kier alpha value is -1.14. The van der Waals surface area contributed by atoms with Crippen LogP contribution in [0.1, 0.15) is 47.4 Å². The molecule has 0 saturated carbocycles. The summed E-state index contributed by atoms with van der Waals surface area (Å²) >= 11 is 1.62. The fraction of sp³-hybridized carbons (Fsp3) is 0.667. The van der Waals surface area contributed by atoms with Crippen molar-refractivity contribution in [1.29, 1.82) is 0 Å². The normalized spacial score (nSPS) is 18.9. The Morgan fingerprint density at radius 2 is 2.11 bits per heavy atom. The van der Waals surface area contributed by atoms with Gasteiger partial charge in [-0.2, -0.15) is 0 Å². The molecule has 1 aromatic heterocycles. The quantitative estimate of drug-likeness (QED) is 0.865. The van der Waals surface area contributed by atoms with Crippen LogP contribution in [0.4, 0.5) is 4.79 Å². The fourth-order valence-electron chi connectivity index (χ4n) is 2.31. The molecule has 2 rings (SSSR count). The van der Waals surface area contributed by atoms with Crippen molar-refractivity contribution in [2.24, 2.45) is 0 Å². The van der Waals surface area contributed by atoms with Gasteiger partial charge in [0.25, 0.3) is 0 Å². The monoisotopic (exact) mass is 270 g/mol.